The topological polar surface area (TPSA) is 59.8 Å². The molecular weight excluding hydrogens is 450 g/mol. The van der Waals surface area contributed by atoms with Crippen LogP contribution in [0.1, 0.15) is 37.9 Å². The molecule has 0 radical (unpaired) electrons. The minimum atomic E-state index is -0.557. The number of ether oxygens (including phenoxy) is 2. The van der Waals surface area contributed by atoms with E-state index in [1.54, 1.807) is 0 Å². The molecule has 1 N–H and O–H groups in total. The van der Waals surface area contributed by atoms with Gasteiger partial charge in [-0.05, 0) is 63.8 Å². The van der Waals surface area contributed by atoms with E-state index in [1.165, 1.54) is 12.8 Å². The summed E-state index contributed by atoms with van der Waals surface area (Å²) in [6, 6.07) is 17.4. The standard InChI is InChI=1S/C27H34ClN3O3/c1-19(2)33-18-23(32)16-30(15-21-13-14-21)17-24-20(3)29-31(22-9-5-4-6-10-22)27(24)34-26-12-8-7-11-25(26)28/h4-12,19,21,23,32H,13-18H2,1-3H3. The zero-order chi connectivity index (χ0) is 24.1. The van der Waals surface area contributed by atoms with E-state index >= 15 is 0 Å². The van der Waals surface area contributed by atoms with Crippen molar-refractivity contribution in [2.24, 2.45) is 5.92 Å². The maximum absolute atomic E-state index is 10.6. The average molecular weight is 484 g/mol. The number of aryl methyl sites for hydroxylation is 1. The van der Waals surface area contributed by atoms with E-state index in [1.807, 2.05) is 80.1 Å². The Hall–Kier alpha value is -2.38. The first kappa shape index (κ1) is 24.7. The lowest BCUT2D eigenvalue weighted by Crippen LogP contribution is -2.36. The molecule has 0 spiro atoms. The van der Waals surface area contributed by atoms with E-state index in [0.717, 1.165) is 23.5 Å². The van der Waals surface area contributed by atoms with Crippen molar-refractivity contribution >= 4 is 11.6 Å². The van der Waals surface area contributed by atoms with Crippen molar-refractivity contribution in [1.29, 1.82) is 0 Å². The molecule has 2 aromatic carbocycles. The lowest BCUT2D eigenvalue weighted by atomic mass is 10.2. The van der Waals surface area contributed by atoms with Gasteiger partial charge in [0.2, 0.25) is 5.88 Å². The van der Waals surface area contributed by atoms with Crippen LogP contribution in [0.25, 0.3) is 5.69 Å². The van der Waals surface area contributed by atoms with Crippen LogP contribution in [-0.2, 0) is 11.3 Å². The number of hydrogen-bond acceptors (Lipinski definition) is 5. The highest BCUT2D eigenvalue weighted by Crippen LogP contribution is 2.36. The molecule has 0 saturated heterocycles. The van der Waals surface area contributed by atoms with Gasteiger partial charge in [0, 0.05) is 19.6 Å². The average Bonchev–Trinajstić information content (AvgIpc) is 3.58. The van der Waals surface area contributed by atoms with E-state index in [0.29, 0.717) is 42.3 Å². The Morgan fingerprint density at radius 1 is 1.12 bits per heavy atom. The molecule has 1 atom stereocenters. The zero-order valence-electron chi connectivity index (χ0n) is 20.2. The molecule has 6 nitrogen and oxygen atoms in total. The number of halogens is 1. The normalized spacial score (nSPS) is 14.7. The third-order valence-electron chi connectivity index (χ3n) is 5.87. The first-order valence-electron chi connectivity index (χ1n) is 12.0. The van der Waals surface area contributed by atoms with E-state index in [4.69, 9.17) is 26.2 Å². The highest BCUT2D eigenvalue weighted by molar-refractivity contribution is 6.32. The maximum Gasteiger partial charge on any atom is 0.227 e. The van der Waals surface area contributed by atoms with Crippen molar-refractivity contribution in [2.45, 2.75) is 52.4 Å². The van der Waals surface area contributed by atoms with Gasteiger partial charge in [-0.1, -0.05) is 41.9 Å². The molecule has 1 aromatic heterocycles. The highest BCUT2D eigenvalue weighted by Gasteiger charge is 2.28. The van der Waals surface area contributed by atoms with Gasteiger partial charge in [-0.15, -0.1) is 0 Å². The predicted molar refractivity (Wildman–Crippen MR) is 135 cm³/mol. The lowest BCUT2D eigenvalue weighted by Gasteiger charge is -2.26. The Kier molecular flexibility index (Phi) is 8.27. The maximum atomic E-state index is 10.6. The van der Waals surface area contributed by atoms with Crippen LogP contribution in [0.15, 0.2) is 54.6 Å². The molecule has 0 bridgehead atoms. The largest absolute Gasteiger partial charge is 0.437 e. The molecule has 0 aliphatic heterocycles. The second kappa shape index (κ2) is 11.4. The van der Waals surface area contributed by atoms with Crippen LogP contribution in [0.2, 0.25) is 5.02 Å². The van der Waals surface area contributed by atoms with Crippen LogP contribution in [0.5, 0.6) is 11.6 Å². The van der Waals surface area contributed by atoms with Gasteiger partial charge in [0.25, 0.3) is 0 Å². The van der Waals surface area contributed by atoms with Crippen molar-refractivity contribution in [3.63, 3.8) is 0 Å². The van der Waals surface area contributed by atoms with Gasteiger partial charge in [0.05, 0.1) is 40.8 Å². The molecular formula is C27H34ClN3O3. The predicted octanol–water partition coefficient (Wildman–Crippen LogP) is 5.62. The summed E-state index contributed by atoms with van der Waals surface area (Å²) in [6.45, 7) is 8.37. The molecule has 1 saturated carbocycles. The molecule has 3 aromatic rings. The number of rotatable bonds is 12. The number of aliphatic hydroxyl groups excluding tert-OH is 1. The second-order valence-corrected chi connectivity index (χ2v) is 9.73. The number of aliphatic hydroxyl groups is 1. The van der Waals surface area contributed by atoms with Gasteiger partial charge in [-0.25, -0.2) is 4.68 Å². The van der Waals surface area contributed by atoms with E-state index < -0.39 is 6.10 Å². The summed E-state index contributed by atoms with van der Waals surface area (Å²) in [5.41, 5.74) is 2.79. The van der Waals surface area contributed by atoms with Crippen LogP contribution in [0, 0.1) is 12.8 Å². The SMILES string of the molecule is Cc1nn(-c2ccccc2)c(Oc2ccccc2Cl)c1CN(CC(O)COC(C)C)CC1CC1. The number of para-hydroxylation sites is 2. The molecule has 1 aliphatic carbocycles. The number of nitrogens with zero attached hydrogens (tertiary/aromatic N) is 3. The molecule has 182 valence electrons. The minimum Gasteiger partial charge on any atom is -0.437 e. The van der Waals surface area contributed by atoms with Gasteiger partial charge in [0.15, 0.2) is 0 Å². The van der Waals surface area contributed by atoms with Crippen molar-refractivity contribution in [3.8, 4) is 17.3 Å². The molecule has 1 unspecified atom stereocenters. The number of benzene rings is 2. The fourth-order valence-electron chi connectivity index (χ4n) is 3.95. The first-order valence-corrected chi connectivity index (χ1v) is 12.4. The summed E-state index contributed by atoms with van der Waals surface area (Å²) in [7, 11) is 0. The van der Waals surface area contributed by atoms with Crippen molar-refractivity contribution in [3.05, 3.63) is 70.9 Å². The molecule has 4 rings (SSSR count). The summed E-state index contributed by atoms with van der Waals surface area (Å²) in [5, 5.41) is 16.0. The minimum absolute atomic E-state index is 0.0912. The van der Waals surface area contributed by atoms with E-state index in [2.05, 4.69) is 4.90 Å². The van der Waals surface area contributed by atoms with Crippen LogP contribution in [0.3, 0.4) is 0 Å². The molecule has 1 fully saturated rings. The molecule has 1 aliphatic rings. The van der Waals surface area contributed by atoms with Gasteiger partial charge in [-0.2, -0.15) is 5.10 Å². The highest BCUT2D eigenvalue weighted by atomic mass is 35.5. The number of aromatic nitrogens is 2. The Morgan fingerprint density at radius 2 is 1.82 bits per heavy atom. The van der Waals surface area contributed by atoms with Gasteiger partial charge in [0.1, 0.15) is 5.75 Å². The van der Waals surface area contributed by atoms with Crippen LogP contribution >= 0.6 is 11.6 Å². The monoisotopic (exact) mass is 483 g/mol. The third kappa shape index (κ3) is 6.60. The molecule has 34 heavy (non-hydrogen) atoms. The summed E-state index contributed by atoms with van der Waals surface area (Å²) < 4.78 is 13.9. The summed E-state index contributed by atoms with van der Waals surface area (Å²) >= 11 is 6.43. The van der Waals surface area contributed by atoms with Crippen molar-refractivity contribution in [2.75, 3.05) is 19.7 Å². The molecule has 7 heteroatoms. The summed E-state index contributed by atoms with van der Waals surface area (Å²) in [5.74, 6) is 1.91. The summed E-state index contributed by atoms with van der Waals surface area (Å²) in [4.78, 5) is 2.30. The van der Waals surface area contributed by atoms with E-state index in [9.17, 15) is 5.11 Å². The van der Waals surface area contributed by atoms with Crippen LogP contribution in [-0.4, -0.2) is 51.7 Å². The fraction of sp³-hybridized carbons (Fsp3) is 0.444. The van der Waals surface area contributed by atoms with Gasteiger partial charge >= 0.3 is 0 Å². The Morgan fingerprint density at radius 3 is 2.50 bits per heavy atom. The van der Waals surface area contributed by atoms with Gasteiger partial charge < -0.3 is 14.6 Å². The van der Waals surface area contributed by atoms with Crippen molar-refractivity contribution in [1.82, 2.24) is 14.7 Å². The number of hydrogen-bond donors (Lipinski definition) is 1. The van der Waals surface area contributed by atoms with E-state index in [-0.39, 0.29) is 6.10 Å². The fourth-order valence-corrected chi connectivity index (χ4v) is 4.12. The Bertz CT molecular complexity index is 1070. The zero-order valence-corrected chi connectivity index (χ0v) is 20.9. The quantitative estimate of drug-likeness (QED) is 0.362. The molecule has 0 amide bonds. The van der Waals surface area contributed by atoms with Crippen LogP contribution < -0.4 is 4.74 Å². The lowest BCUT2D eigenvalue weighted by molar-refractivity contribution is -0.0101. The van der Waals surface area contributed by atoms with Crippen LogP contribution in [0.4, 0.5) is 0 Å². The third-order valence-corrected chi connectivity index (χ3v) is 6.18. The molecule has 1 heterocycles. The van der Waals surface area contributed by atoms with Crippen molar-refractivity contribution < 1.29 is 14.6 Å². The first-order chi connectivity index (χ1) is 16.4. The summed E-state index contributed by atoms with van der Waals surface area (Å²) in [6.07, 6.45) is 2.01. The smallest absolute Gasteiger partial charge is 0.227 e. The second-order valence-electron chi connectivity index (χ2n) is 9.32. The Labute approximate surface area is 207 Å². The van der Waals surface area contributed by atoms with Gasteiger partial charge in [-0.3, -0.25) is 4.90 Å². The Balaban J connectivity index is 1.64.